The molecule has 2 fully saturated rings. The molecular weight excluding hydrogens is 250 g/mol. The zero-order chi connectivity index (χ0) is 14.0. The summed E-state index contributed by atoms with van der Waals surface area (Å²) in [6, 6.07) is 2.30. The van der Waals surface area contributed by atoms with Crippen molar-refractivity contribution in [1.29, 1.82) is 5.26 Å². The van der Waals surface area contributed by atoms with Crippen molar-refractivity contribution in [3.05, 3.63) is 0 Å². The summed E-state index contributed by atoms with van der Waals surface area (Å²) in [6.07, 6.45) is 7.67. The third-order valence-electron chi connectivity index (χ3n) is 4.62. The highest BCUT2D eigenvalue weighted by atomic mass is 16.5. The van der Waals surface area contributed by atoms with E-state index in [0.717, 1.165) is 51.9 Å². The zero-order valence-electron chi connectivity index (χ0n) is 12.7. The summed E-state index contributed by atoms with van der Waals surface area (Å²) in [7, 11) is 0. The molecule has 1 saturated heterocycles. The Labute approximate surface area is 123 Å². The average Bonchev–Trinajstić information content (AvgIpc) is 2.52. The monoisotopic (exact) mass is 279 g/mol. The van der Waals surface area contributed by atoms with Crippen LogP contribution in [0.15, 0.2) is 0 Å². The van der Waals surface area contributed by atoms with Gasteiger partial charge in [-0.25, -0.2) is 0 Å². The molecule has 0 radical (unpaired) electrons. The van der Waals surface area contributed by atoms with Crippen molar-refractivity contribution in [3.63, 3.8) is 0 Å². The van der Waals surface area contributed by atoms with Crippen molar-refractivity contribution >= 4 is 0 Å². The first-order valence-electron chi connectivity index (χ1n) is 8.28. The minimum absolute atomic E-state index is 0.663. The molecule has 1 saturated carbocycles. The Balaban J connectivity index is 1.71. The van der Waals surface area contributed by atoms with Gasteiger partial charge in [-0.3, -0.25) is 4.90 Å². The van der Waals surface area contributed by atoms with Crippen molar-refractivity contribution in [3.8, 4) is 6.07 Å². The number of nitrogens with zero attached hydrogens (tertiary/aromatic N) is 3. The molecule has 0 spiro atoms. The van der Waals surface area contributed by atoms with Gasteiger partial charge in [-0.2, -0.15) is 5.26 Å². The van der Waals surface area contributed by atoms with Crippen LogP contribution in [0.4, 0.5) is 0 Å². The van der Waals surface area contributed by atoms with Gasteiger partial charge in [0.2, 0.25) is 0 Å². The van der Waals surface area contributed by atoms with Gasteiger partial charge in [0, 0.05) is 45.7 Å². The normalized spacial score (nSPS) is 22.0. The Morgan fingerprint density at radius 3 is 2.55 bits per heavy atom. The first-order chi connectivity index (χ1) is 9.88. The van der Waals surface area contributed by atoms with Gasteiger partial charge in [-0.1, -0.05) is 19.3 Å². The summed E-state index contributed by atoms with van der Waals surface area (Å²) < 4.78 is 5.39. The van der Waals surface area contributed by atoms with E-state index in [2.05, 4.69) is 15.9 Å². The Hall–Kier alpha value is -0.630. The largest absolute Gasteiger partial charge is 0.379 e. The molecule has 114 valence electrons. The summed E-state index contributed by atoms with van der Waals surface area (Å²) in [5.74, 6) is 0.868. The van der Waals surface area contributed by atoms with E-state index in [9.17, 15) is 0 Å². The van der Waals surface area contributed by atoms with E-state index in [1.54, 1.807) is 0 Å². The Bertz CT molecular complexity index is 291. The van der Waals surface area contributed by atoms with E-state index in [1.807, 2.05) is 0 Å². The number of rotatable bonds is 7. The van der Waals surface area contributed by atoms with Gasteiger partial charge in [-0.05, 0) is 18.8 Å². The minimum atomic E-state index is 0.663. The summed E-state index contributed by atoms with van der Waals surface area (Å²) in [5.41, 5.74) is 0. The number of hydrogen-bond acceptors (Lipinski definition) is 4. The zero-order valence-corrected chi connectivity index (χ0v) is 12.7. The lowest BCUT2D eigenvalue weighted by Crippen LogP contribution is -2.42. The number of hydrogen-bond donors (Lipinski definition) is 0. The third-order valence-corrected chi connectivity index (χ3v) is 4.62. The molecule has 2 aliphatic rings. The van der Waals surface area contributed by atoms with E-state index in [4.69, 9.17) is 10.00 Å². The maximum absolute atomic E-state index is 8.83. The first kappa shape index (κ1) is 15.8. The van der Waals surface area contributed by atoms with Crippen molar-refractivity contribution < 1.29 is 4.74 Å². The van der Waals surface area contributed by atoms with Crippen molar-refractivity contribution in [2.75, 3.05) is 52.5 Å². The van der Waals surface area contributed by atoms with Gasteiger partial charge in [0.05, 0.1) is 19.3 Å². The summed E-state index contributed by atoms with van der Waals surface area (Å²) in [5, 5.41) is 8.83. The lowest BCUT2D eigenvalue weighted by atomic mass is 9.89. The SMILES string of the molecule is N#CCCN(CCN1CCOCC1)CC1CCCCC1. The van der Waals surface area contributed by atoms with Crippen molar-refractivity contribution in [2.45, 2.75) is 38.5 Å². The Kier molecular flexibility index (Phi) is 7.35. The second-order valence-electron chi connectivity index (χ2n) is 6.17. The predicted octanol–water partition coefficient (Wildman–Crippen LogP) is 2.11. The van der Waals surface area contributed by atoms with Crippen LogP contribution in [0.2, 0.25) is 0 Å². The van der Waals surface area contributed by atoms with E-state index < -0.39 is 0 Å². The fourth-order valence-electron chi connectivity index (χ4n) is 3.34. The van der Waals surface area contributed by atoms with Crippen LogP contribution in [-0.2, 0) is 4.74 Å². The molecule has 0 unspecified atom stereocenters. The van der Waals surface area contributed by atoms with Gasteiger partial charge in [-0.15, -0.1) is 0 Å². The van der Waals surface area contributed by atoms with Crippen LogP contribution < -0.4 is 0 Å². The Morgan fingerprint density at radius 2 is 1.85 bits per heavy atom. The molecule has 0 aromatic heterocycles. The van der Waals surface area contributed by atoms with Crippen molar-refractivity contribution in [2.24, 2.45) is 5.92 Å². The molecule has 0 atom stereocenters. The van der Waals surface area contributed by atoms with E-state index in [0.29, 0.717) is 6.42 Å². The quantitative estimate of drug-likeness (QED) is 0.715. The molecule has 0 aromatic rings. The maximum atomic E-state index is 8.83. The molecule has 4 heteroatoms. The standard InChI is InChI=1S/C16H29N3O/c17-7-4-8-19(15-16-5-2-1-3-6-16)10-9-18-11-13-20-14-12-18/h16H,1-6,8-15H2. The van der Waals surface area contributed by atoms with E-state index >= 15 is 0 Å². The topological polar surface area (TPSA) is 39.5 Å². The van der Waals surface area contributed by atoms with Gasteiger partial charge >= 0.3 is 0 Å². The van der Waals surface area contributed by atoms with E-state index in [-0.39, 0.29) is 0 Å². The summed E-state index contributed by atoms with van der Waals surface area (Å²) >= 11 is 0. The number of ether oxygens (including phenoxy) is 1. The smallest absolute Gasteiger partial charge is 0.0635 e. The molecule has 0 aromatic carbocycles. The lowest BCUT2D eigenvalue weighted by molar-refractivity contribution is 0.0323. The van der Waals surface area contributed by atoms with Crippen LogP contribution in [-0.4, -0.2) is 62.3 Å². The second-order valence-corrected chi connectivity index (χ2v) is 6.17. The Morgan fingerprint density at radius 1 is 1.10 bits per heavy atom. The molecule has 0 N–H and O–H groups in total. The van der Waals surface area contributed by atoms with Crippen LogP contribution in [0.25, 0.3) is 0 Å². The summed E-state index contributed by atoms with van der Waals surface area (Å²) in [4.78, 5) is 5.01. The van der Waals surface area contributed by atoms with Gasteiger partial charge < -0.3 is 9.64 Å². The molecule has 2 rings (SSSR count). The molecule has 20 heavy (non-hydrogen) atoms. The molecule has 1 aliphatic heterocycles. The van der Waals surface area contributed by atoms with Crippen LogP contribution in [0, 0.1) is 17.2 Å². The van der Waals surface area contributed by atoms with Crippen LogP contribution >= 0.6 is 0 Å². The lowest BCUT2D eigenvalue weighted by Gasteiger charge is -2.32. The fraction of sp³-hybridized carbons (Fsp3) is 0.938. The van der Waals surface area contributed by atoms with Gasteiger partial charge in [0.15, 0.2) is 0 Å². The van der Waals surface area contributed by atoms with Gasteiger partial charge in [0.25, 0.3) is 0 Å². The summed E-state index contributed by atoms with van der Waals surface area (Å²) in [6.45, 7) is 8.26. The highest BCUT2D eigenvalue weighted by Gasteiger charge is 2.18. The minimum Gasteiger partial charge on any atom is -0.379 e. The average molecular weight is 279 g/mol. The molecular formula is C16H29N3O. The molecule has 0 amide bonds. The van der Waals surface area contributed by atoms with Crippen LogP contribution in [0.5, 0.6) is 0 Å². The van der Waals surface area contributed by atoms with Crippen molar-refractivity contribution in [1.82, 2.24) is 9.80 Å². The maximum Gasteiger partial charge on any atom is 0.0635 e. The highest BCUT2D eigenvalue weighted by molar-refractivity contribution is 4.76. The predicted molar refractivity (Wildman–Crippen MR) is 80.5 cm³/mol. The first-order valence-corrected chi connectivity index (χ1v) is 8.28. The highest BCUT2D eigenvalue weighted by Crippen LogP contribution is 2.24. The van der Waals surface area contributed by atoms with Gasteiger partial charge in [0.1, 0.15) is 0 Å². The third kappa shape index (κ3) is 5.78. The second kappa shape index (κ2) is 9.33. The molecule has 0 bridgehead atoms. The molecule has 1 aliphatic carbocycles. The number of nitriles is 1. The van der Waals surface area contributed by atoms with Crippen LogP contribution in [0.1, 0.15) is 38.5 Å². The van der Waals surface area contributed by atoms with E-state index in [1.165, 1.54) is 38.6 Å². The molecule has 4 nitrogen and oxygen atoms in total. The van der Waals surface area contributed by atoms with Crippen LogP contribution in [0.3, 0.4) is 0 Å². The molecule has 1 heterocycles. The fourth-order valence-corrected chi connectivity index (χ4v) is 3.34. The number of morpholine rings is 1.